The fourth-order valence-corrected chi connectivity index (χ4v) is 4.56. The van der Waals surface area contributed by atoms with Crippen molar-refractivity contribution in [2.45, 2.75) is 11.0 Å². The molecule has 0 amide bonds. The highest BCUT2D eigenvalue weighted by Crippen LogP contribution is 2.26. The van der Waals surface area contributed by atoms with Crippen LogP contribution in [0.3, 0.4) is 0 Å². The van der Waals surface area contributed by atoms with E-state index in [1.54, 1.807) is 24.1 Å². The molecule has 11 heteroatoms. The van der Waals surface area contributed by atoms with E-state index in [1.807, 2.05) is 0 Å². The van der Waals surface area contributed by atoms with Gasteiger partial charge < -0.3 is 9.72 Å². The van der Waals surface area contributed by atoms with Crippen molar-refractivity contribution in [2.75, 3.05) is 19.7 Å². The predicted octanol–water partition coefficient (Wildman–Crippen LogP) is -0.288. The van der Waals surface area contributed by atoms with Gasteiger partial charge in [0.25, 0.3) is 5.56 Å². The van der Waals surface area contributed by atoms with E-state index < -0.39 is 27.4 Å². The Morgan fingerprint density at radius 2 is 2.07 bits per heavy atom. The Labute approximate surface area is 153 Å². The lowest BCUT2D eigenvalue weighted by molar-refractivity contribution is -0.00259. The monoisotopic (exact) mass is 391 g/mol. The Morgan fingerprint density at radius 1 is 1.26 bits per heavy atom. The van der Waals surface area contributed by atoms with Crippen LogP contribution in [-0.4, -0.2) is 52.2 Å². The number of morpholine rings is 1. The second-order valence-corrected chi connectivity index (χ2v) is 8.22. The number of nitrogens with zero attached hydrogens (tertiary/aromatic N) is 3. The Bertz CT molecular complexity index is 1230. The van der Waals surface area contributed by atoms with Gasteiger partial charge in [-0.1, -0.05) is 0 Å². The molecule has 1 aliphatic heterocycles. The van der Waals surface area contributed by atoms with Crippen molar-refractivity contribution in [1.29, 1.82) is 0 Å². The molecular formula is C16H17N5O5S. The van der Waals surface area contributed by atoms with Crippen molar-refractivity contribution in [2.24, 2.45) is 7.05 Å². The third-order valence-electron chi connectivity index (χ3n) is 4.47. The molecule has 1 saturated heterocycles. The number of hydrogen-bond acceptors (Lipinski definition) is 6. The van der Waals surface area contributed by atoms with Crippen LogP contribution in [0.15, 0.2) is 45.1 Å². The van der Waals surface area contributed by atoms with Gasteiger partial charge >= 0.3 is 5.69 Å². The summed E-state index contributed by atoms with van der Waals surface area (Å²) in [7, 11) is -2.06. The van der Waals surface area contributed by atoms with Crippen LogP contribution in [0.2, 0.25) is 0 Å². The van der Waals surface area contributed by atoms with Crippen LogP contribution in [0, 0.1) is 0 Å². The normalized spacial score (nSPS) is 18.8. The summed E-state index contributed by atoms with van der Waals surface area (Å²) < 4.78 is 34.8. The van der Waals surface area contributed by atoms with Crippen LogP contribution in [0.5, 0.6) is 0 Å². The first-order valence-corrected chi connectivity index (χ1v) is 9.65. The summed E-state index contributed by atoms with van der Waals surface area (Å²) in [6.45, 7) is 0.605. The maximum absolute atomic E-state index is 13.1. The summed E-state index contributed by atoms with van der Waals surface area (Å²) in [5.74, 6) is 0. The van der Waals surface area contributed by atoms with Crippen molar-refractivity contribution in [3.8, 4) is 0 Å². The Kier molecular flexibility index (Phi) is 4.21. The van der Waals surface area contributed by atoms with E-state index in [9.17, 15) is 18.0 Å². The largest absolute Gasteiger partial charge is 0.371 e. The number of fused-ring (bicyclic) bond motifs is 1. The van der Waals surface area contributed by atoms with E-state index in [0.717, 1.165) is 5.56 Å². The number of aromatic amines is 2. The number of nitrogens with one attached hydrogen (secondary N) is 2. The molecule has 0 unspecified atom stereocenters. The SMILES string of the molecule is Cn1cc([C@H]2CN(S(=O)(=O)c3ccc4[nH]c(=O)[nH]c(=O)c4c3)CCO2)cn1. The number of hydrogen-bond donors (Lipinski definition) is 2. The number of benzene rings is 1. The number of sulfonamides is 1. The van der Waals surface area contributed by atoms with Crippen LogP contribution in [0.1, 0.15) is 11.7 Å². The number of H-pyrrole nitrogens is 2. The predicted molar refractivity (Wildman–Crippen MR) is 95.8 cm³/mol. The molecule has 10 nitrogen and oxygen atoms in total. The summed E-state index contributed by atoms with van der Waals surface area (Å²) >= 11 is 0. The minimum absolute atomic E-state index is 0.0145. The van der Waals surface area contributed by atoms with Gasteiger partial charge in [-0.15, -0.1) is 0 Å². The van der Waals surface area contributed by atoms with Gasteiger partial charge in [-0.05, 0) is 18.2 Å². The van der Waals surface area contributed by atoms with E-state index in [1.165, 1.54) is 22.5 Å². The fraction of sp³-hybridized carbons (Fsp3) is 0.312. The Hall–Kier alpha value is -2.76. The van der Waals surface area contributed by atoms with E-state index in [4.69, 9.17) is 4.74 Å². The van der Waals surface area contributed by atoms with Crippen LogP contribution >= 0.6 is 0 Å². The number of rotatable bonds is 3. The van der Waals surface area contributed by atoms with Gasteiger partial charge in [0.1, 0.15) is 0 Å². The molecule has 0 saturated carbocycles. The third-order valence-corrected chi connectivity index (χ3v) is 6.34. The average molecular weight is 391 g/mol. The van der Waals surface area contributed by atoms with E-state index in [2.05, 4.69) is 15.1 Å². The first kappa shape index (κ1) is 17.6. The lowest BCUT2D eigenvalue weighted by Crippen LogP contribution is -2.42. The molecule has 3 heterocycles. The standard InChI is InChI=1S/C16H17N5O5S/c1-20-8-10(7-17-20)14-9-21(4-5-26-14)27(24,25)11-2-3-13-12(6-11)15(22)19-16(23)18-13/h2-3,6-8,14H,4-5,9H2,1H3,(H2,18,19,22,23)/t14-/m1/s1. The van der Waals surface area contributed by atoms with E-state index in [-0.39, 0.29) is 35.5 Å². The summed E-state index contributed by atoms with van der Waals surface area (Å²) in [6, 6.07) is 4.06. The molecule has 4 rings (SSSR count). The average Bonchev–Trinajstić information content (AvgIpc) is 3.08. The highest BCUT2D eigenvalue weighted by molar-refractivity contribution is 7.89. The van der Waals surface area contributed by atoms with Crippen molar-refractivity contribution < 1.29 is 13.2 Å². The smallest absolute Gasteiger partial charge is 0.326 e. The minimum Gasteiger partial charge on any atom is -0.371 e. The number of aromatic nitrogens is 4. The molecule has 1 aliphatic rings. The van der Waals surface area contributed by atoms with Crippen LogP contribution < -0.4 is 11.2 Å². The third kappa shape index (κ3) is 3.20. The first-order chi connectivity index (χ1) is 12.8. The number of aryl methyl sites for hydroxylation is 1. The van der Waals surface area contributed by atoms with Gasteiger partial charge in [0, 0.05) is 31.9 Å². The molecule has 142 valence electrons. The molecule has 1 atom stereocenters. The maximum atomic E-state index is 13.1. The molecule has 0 spiro atoms. The Balaban J connectivity index is 1.69. The van der Waals surface area contributed by atoms with Crippen LogP contribution in [0.4, 0.5) is 0 Å². The zero-order chi connectivity index (χ0) is 19.2. The van der Waals surface area contributed by atoms with Crippen molar-refractivity contribution in [3.63, 3.8) is 0 Å². The minimum atomic E-state index is -3.83. The van der Waals surface area contributed by atoms with Crippen LogP contribution in [-0.2, 0) is 21.8 Å². The van der Waals surface area contributed by atoms with Gasteiger partial charge in [-0.2, -0.15) is 9.40 Å². The molecule has 3 aromatic rings. The molecule has 2 N–H and O–H groups in total. The molecule has 27 heavy (non-hydrogen) atoms. The van der Waals surface area contributed by atoms with Crippen molar-refractivity contribution in [3.05, 3.63) is 57.0 Å². The van der Waals surface area contributed by atoms with E-state index >= 15 is 0 Å². The van der Waals surface area contributed by atoms with Gasteiger partial charge in [0.2, 0.25) is 10.0 Å². The molecule has 0 aliphatic carbocycles. The summed E-state index contributed by atoms with van der Waals surface area (Å²) in [5.41, 5.74) is -0.209. The number of ether oxygens (including phenoxy) is 1. The summed E-state index contributed by atoms with van der Waals surface area (Å²) in [4.78, 5) is 27.9. The van der Waals surface area contributed by atoms with Crippen molar-refractivity contribution >= 4 is 20.9 Å². The second kappa shape index (κ2) is 6.44. The van der Waals surface area contributed by atoms with E-state index in [0.29, 0.717) is 0 Å². The molecule has 0 radical (unpaired) electrons. The second-order valence-electron chi connectivity index (χ2n) is 6.29. The fourth-order valence-electron chi connectivity index (χ4n) is 3.11. The summed E-state index contributed by atoms with van der Waals surface area (Å²) in [6.07, 6.45) is 3.02. The van der Waals surface area contributed by atoms with Gasteiger partial charge in [-0.25, -0.2) is 13.2 Å². The quantitative estimate of drug-likeness (QED) is 0.631. The zero-order valence-electron chi connectivity index (χ0n) is 14.4. The Morgan fingerprint density at radius 3 is 2.81 bits per heavy atom. The lowest BCUT2D eigenvalue weighted by Gasteiger charge is -2.31. The lowest BCUT2D eigenvalue weighted by atomic mass is 10.2. The maximum Gasteiger partial charge on any atom is 0.326 e. The highest BCUT2D eigenvalue weighted by atomic mass is 32.2. The molecule has 1 fully saturated rings. The molecular weight excluding hydrogens is 374 g/mol. The summed E-state index contributed by atoms with van der Waals surface area (Å²) in [5, 5.41) is 4.19. The van der Waals surface area contributed by atoms with Gasteiger partial charge in [0.15, 0.2) is 0 Å². The van der Waals surface area contributed by atoms with Crippen molar-refractivity contribution in [1.82, 2.24) is 24.1 Å². The van der Waals surface area contributed by atoms with Gasteiger partial charge in [0.05, 0.1) is 34.7 Å². The van der Waals surface area contributed by atoms with Crippen LogP contribution in [0.25, 0.3) is 10.9 Å². The molecule has 0 bridgehead atoms. The first-order valence-electron chi connectivity index (χ1n) is 8.21. The van der Waals surface area contributed by atoms with Gasteiger partial charge in [-0.3, -0.25) is 14.5 Å². The molecule has 1 aromatic carbocycles. The molecule has 2 aromatic heterocycles. The topological polar surface area (TPSA) is 130 Å². The zero-order valence-corrected chi connectivity index (χ0v) is 15.2. The highest BCUT2D eigenvalue weighted by Gasteiger charge is 2.32.